The zero-order chi connectivity index (χ0) is 11.5. The van der Waals surface area contributed by atoms with Crippen LogP contribution < -0.4 is 5.32 Å². The molecule has 0 amide bonds. The van der Waals surface area contributed by atoms with Crippen LogP contribution in [0.2, 0.25) is 0 Å². The number of hydrogen-bond acceptors (Lipinski definition) is 4. The van der Waals surface area contributed by atoms with Gasteiger partial charge in [-0.25, -0.2) is 0 Å². The topological polar surface area (TPSA) is 47.6 Å². The Labute approximate surface area is 92.3 Å². The van der Waals surface area contributed by atoms with Crippen molar-refractivity contribution in [2.24, 2.45) is 5.92 Å². The summed E-state index contributed by atoms with van der Waals surface area (Å²) < 4.78 is 10.2. The van der Waals surface area contributed by atoms with Gasteiger partial charge >= 0.3 is 5.97 Å². The summed E-state index contributed by atoms with van der Waals surface area (Å²) in [7, 11) is 0. The van der Waals surface area contributed by atoms with Gasteiger partial charge in [0.25, 0.3) is 0 Å². The van der Waals surface area contributed by atoms with E-state index in [4.69, 9.17) is 9.47 Å². The minimum atomic E-state index is -0.145. The Morgan fingerprint density at radius 3 is 2.67 bits per heavy atom. The smallest absolute Gasteiger partial charge is 0.307 e. The molecule has 0 bridgehead atoms. The number of rotatable bonds is 9. The monoisotopic (exact) mass is 217 g/mol. The van der Waals surface area contributed by atoms with E-state index in [2.05, 4.69) is 19.2 Å². The summed E-state index contributed by atoms with van der Waals surface area (Å²) >= 11 is 0. The molecule has 0 aromatic rings. The Morgan fingerprint density at radius 1 is 1.33 bits per heavy atom. The van der Waals surface area contributed by atoms with E-state index in [9.17, 15) is 4.79 Å². The van der Waals surface area contributed by atoms with Crippen molar-refractivity contribution in [1.29, 1.82) is 0 Å². The van der Waals surface area contributed by atoms with Crippen LogP contribution in [0.1, 0.15) is 27.2 Å². The molecule has 4 heteroatoms. The molecule has 0 aromatic carbocycles. The Kier molecular flexibility index (Phi) is 9.52. The van der Waals surface area contributed by atoms with Crippen LogP contribution in [0.15, 0.2) is 0 Å². The van der Waals surface area contributed by atoms with Crippen molar-refractivity contribution in [3.05, 3.63) is 0 Å². The van der Waals surface area contributed by atoms with Gasteiger partial charge in [-0.15, -0.1) is 0 Å². The van der Waals surface area contributed by atoms with E-state index in [0.29, 0.717) is 32.1 Å². The van der Waals surface area contributed by atoms with Crippen LogP contribution in [0, 0.1) is 5.92 Å². The van der Waals surface area contributed by atoms with Crippen molar-refractivity contribution in [1.82, 2.24) is 5.32 Å². The van der Waals surface area contributed by atoms with Crippen LogP contribution in [0.5, 0.6) is 0 Å². The molecule has 90 valence electrons. The fourth-order valence-electron chi connectivity index (χ4n) is 1.01. The van der Waals surface area contributed by atoms with Gasteiger partial charge in [-0.2, -0.15) is 0 Å². The summed E-state index contributed by atoms with van der Waals surface area (Å²) in [5, 5.41) is 3.12. The lowest BCUT2D eigenvalue weighted by Gasteiger charge is -2.07. The molecule has 0 rings (SSSR count). The molecule has 0 aliphatic carbocycles. The number of hydrogen-bond donors (Lipinski definition) is 1. The van der Waals surface area contributed by atoms with E-state index in [1.165, 1.54) is 0 Å². The average molecular weight is 217 g/mol. The maximum absolute atomic E-state index is 10.9. The van der Waals surface area contributed by atoms with Crippen LogP contribution in [0.3, 0.4) is 0 Å². The van der Waals surface area contributed by atoms with Gasteiger partial charge in [-0.3, -0.25) is 4.79 Å². The summed E-state index contributed by atoms with van der Waals surface area (Å²) in [6.45, 7) is 9.43. The Morgan fingerprint density at radius 2 is 2.07 bits per heavy atom. The van der Waals surface area contributed by atoms with E-state index >= 15 is 0 Å². The predicted octanol–water partition coefficient (Wildman–Crippen LogP) is 1.20. The molecule has 0 atom stereocenters. The zero-order valence-corrected chi connectivity index (χ0v) is 10.0. The van der Waals surface area contributed by atoms with Crippen molar-refractivity contribution < 1.29 is 14.3 Å². The standard InChI is InChI=1S/C11H23NO3/c1-4-15-11(13)5-6-12-7-8-14-9-10(2)3/h10,12H,4-9H2,1-3H3. The number of nitrogens with one attached hydrogen (secondary N) is 1. The van der Waals surface area contributed by atoms with Crippen LogP contribution in [0.25, 0.3) is 0 Å². The van der Waals surface area contributed by atoms with E-state index in [1.807, 2.05) is 6.92 Å². The van der Waals surface area contributed by atoms with E-state index in [-0.39, 0.29) is 5.97 Å². The summed E-state index contributed by atoms with van der Waals surface area (Å²) in [6.07, 6.45) is 0.429. The molecule has 0 aliphatic rings. The normalized spacial score (nSPS) is 10.7. The van der Waals surface area contributed by atoms with Gasteiger partial charge < -0.3 is 14.8 Å². The highest BCUT2D eigenvalue weighted by molar-refractivity contribution is 5.69. The molecular formula is C11H23NO3. The quantitative estimate of drug-likeness (QED) is 0.466. The molecule has 0 fully saturated rings. The molecule has 0 heterocycles. The molecule has 0 spiro atoms. The highest BCUT2D eigenvalue weighted by Crippen LogP contribution is 1.91. The summed E-state index contributed by atoms with van der Waals surface area (Å²) in [6, 6.07) is 0. The van der Waals surface area contributed by atoms with Crippen molar-refractivity contribution >= 4 is 5.97 Å². The molecule has 0 saturated heterocycles. The molecule has 0 radical (unpaired) electrons. The van der Waals surface area contributed by atoms with Gasteiger partial charge in [0.05, 0.1) is 19.6 Å². The fraction of sp³-hybridized carbons (Fsp3) is 0.909. The highest BCUT2D eigenvalue weighted by atomic mass is 16.5. The minimum Gasteiger partial charge on any atom is -0.466 e. The molecule has 15 heavy (non-hydrogen) atoms. The average Bonchev–Trinajstić information content (AvgIpc) is 2.16. The molecule has 0 aliphatic heterocycles. The number of carbonyl (C=O) groups excluding carboxylic acids is 1. The largest absolute Gasteiger partial charge is 0.466 e. The van der Waals surface area contributed by atoms with Crippen LogP contribution in [-0.4, -0.2) is 38.9 Å². The molecule has 1 N–H and O–H groups in total. The third-order valence-electron chi connectivity index (χ3n) is 1.69. The van der Waals surface area contributed by atoms with Crippen molar-refractivity contribution in [3.8, 4) is 0 Å². The van der Waals surface area contributed by atoms with E-state index < -0.39 is 0 Å². The number of carbonyl (C=O) groups is 1. The summed E-state index contributed by atoms with van der Waals surface area (Å²) in [5.74, 6) is 0.428. The predicted molar refractivity (Wildman–Crippen MR) is 59.8 cm³/mol. The molecule has 0 saturated carbocycles. The third-order valence-corrected chi connectivity index (χ3v) is 1.69. The zero-order valence-electron chi connectivity index (χ0n) is 10.0. The van der Waals surface area contributed by atoms with Crippen molar-refractivity contribution in [3.63, 3.8) is 0 Å². The lowest BCUT2D eigenvalue weighted by atomic mass is 10.2. The van der Waals surface area contributed by atoms with Gasteiger partial charge in [0.1, 0.15) is 0 Å². The first-order chi connectivity index (χ1) is 7.16. The second-order valence-corrected chi connectivity index (χ2v) is 3.77. The third kappa shape index (κ3) is 11.3. The van der Waals surface area contributed by atoms with Crippen molar-refractivity contribution in [2.45, 2.75) is 27.2 Å². The minimum absolute atomic E-state index is 0.145. The molecule has 0 aromatic heterocycles. The first-order valence-electron chi connectivity index (χ1n) is 5.60. The Hall–Kier alpha value is -0.610. The first kappa shape index (κ1) is 14.4. The van der Waals surface area contributed by atoms with Gasteiger partial charge in [0.15, 0.2) is 0 Å². The molecule has 4 nitrogen and oxygen atoms in total. The Bertz CT molecular complexity index is 160. The van der Waals surface area contributed by atoms with Crippen LogP contribution in [-0.2, 0) is 14.3 Å². The van der Waals surface area contributed by atoms with Gasteiger partial charge in [0, 0.05) is 19.7 Å². The van der Waals surface area contributed by atoms with E-state index in [1.54, 1.807) is 0 Å². The maximum atomic E-state index is 10.9. The van der Waals surface area contributed by atoms with Gasteiger partial charge in [-0.1, -0.05) is 13.8 Å². The second-order valence-electron chi connectivity index (χ2n) is 3.77. The lowest BCUT2D eigenvalue weighted by molar-refractivity contribution is -0.142. The SMILES string of the molecule is CCOC(=O)CCNCCOCC(C)C. The fourth-order valence-corrected chi connectivity index (χ4v) is 1.01. The lowest BCUT2D eigenvalue weighted by Crippen LogP contribution is -2.24. The molecular weight excluding hydrogens is 194 g/mol. The number of ether oxygens (including phenoxy) is 2. The second kappa shape index (κ2) is 9.93. The number of esters is 1. The summed E-state index contributed by atoms with van der Waals surface area (Å²) in [5.41, 5.74) is 0. The first-order valence-corrected chi connectivity index (χ1v) is 5.60. The summed E-state index contributed by atoms with van der Waals surface area (Å²) in [4.78, 5) is 10.9. The van der Waals surface area contributed by atoms with Gasteiger partial charge in [0.2, 0.25) is 0 Å². The Balaban J connectivity index is 3.08. The molecule has 0 unspecified atom stereocenters. The van der Waals surface area contributed by atoms with Crippen LogP contribution >= 0.6 is 0 Å². The maximum Gasteiger partial charge on any atom is 0.307 e. The van der Waals surface area contributed by atoms with Gasteiger partial charge in [-0.05, 0) is 12.8 Å². The van der Waals surface area contributed by atoms with Crippen LogP contribution in [0.4, 0.5) is 0 Å². The van der Waals surface area contributed by atoms with Crippen molar-refractivity contribution in [2.75, 3.05) is 32.9 Å². The van der Waals surface area contributed by atoms with E-state index in [0.717, 1.165) is 13.2 Å². The highest BCUT2D eigenvalue weighted by Gasteiger charge is 1.99.